The molecule has 23 heavy (non-hydrogen) atoms. The lowest BCUT2D eigenvalue weighted by molar-refractivity contribution is -0.126. The Morgan fingerprint density at radius 2 is 2.13 bits per heavy atom. The number of aromatic nitrogens is 1. The summed E-state index contributed by atoms with van der Waals surface area (Å²) in [5.74, 6) is 0.538. The molecule has 0 bridgehead atoms. The van der Waals surface area contributed by atoms with E-state index in [0.717, 1.165) is 22.6 Å². The highest BCUT2D eigenvalue weighted by Crippen LogP contribution is 2.26. The van der Waals surface area contributed by atoms with E-state index < -0.39 is 0 Å². The molecule has 2 aromatic rings. The highest BCUT2D eigenvalue weighted by Gasteiger charge is 2.25. The van der Waals surface area contributed by atoms with Gasteiger partial charge < -0.3 is 15.0 Å². The number of ether oxygens (including phenoxy) is 1. The summed E-state index contributed by atoms with van der Waals surface area (Å²) in [6, 6.07) is 9.66. The van der Waals surface area contributed by atoms with Crippen LogP contribution in [0.1, 0.15) is 22.4 Å². The molecule has 1 aromatic heterocycles. The fraction of sp³-hybridized carbons (Fsp3) is 0.333. The number of fused-ring (bicyclic) bond motifs is 1. The van der Waals surface area contributed by atoms with Crippen molar-refractivity contribution in [2.75, 3.05) is 6.61 Å². The first-order valence-corrected chi connectivity index (χ1v) is 7.72. The minimum absolute atomic E-state index is 0.0844. The predicted molar refractivity (Wildman–Crippen MR) is 87.5 cm³/mol. The maximum absolute atomic E-state index is 12.4. The molecule has 0 saturated carbocycles. The summed E-state index contributed by atoms with van der Waals surface area (Å²) in [6.07, 6.45) is 0.658. The molecular formula is C18H20N2O3. The van der Waals surface area contributed by atoms with Gasteiger partial charge in [-0.15, -0.1) is 0 Å². The van der Waals surface area contributed by atoms with Crippen molar-refractivity contribution in [3.05, 3.63) is 63.1 Å². The predicted octanol–water partition coefficient (Wildman–Crippen LogP) is 1.86. The van der Waals surface area contributed by atoms with Crippen molar-refractivity contribution in [3.63, 3.8) is 0 Å². The van der Waals surface area contributed by atoms with E-state index >= 15 is 0 Å². The van der Waals surface area contributed by atoms with E-state index in [9.17, 15) is 9.59 Å². The summed E-state index contributed by atoms with van der Waals surface area (Å²) >= 11 is 0. The molecule has 0 aliphatic carbocycles. The lowest BCUT2D eigenvalue weighted by atomic mass is 9.96. The van der Waals surface area contributed by atoms with Gasteiger partial charge in [0.25, 0.3) is 5.56 Å². The van der Waals surface area contributed by atoms with Crippen molar-refractivity contribution >= 4 is 5.91 Å². The molecular weight excluding hydrogens is 292 g/mol. The number of benzene rings is 1. The van der Waals surface area contributed by atoms with Crippen molar-refractivity contribution in [2.45, 2.75) is 26.8 Å². The lowest BCUT2D eigenvalue weighted by Gasteiger charge is -2.24. The third-order valence-corrected chi connectivity index (χ3v) is 4.18. The van der Waals surface area contributed by atoms with Crippen LogP contribution in [0.25, 0.3) is 0 Å². The fourth-order valence-corrected chi connectivity index (χ4v) is 2.92. The molecule has 1 atom stereocenters. The van der Waals surface area contributed by atoms with Crippen LogP contribution in [0.2, 0.25) is 0 Å². The Hall–Kier alpha value is -2.56. The highest BCUT2D eigenvalue weighted by atomic mass is 16.5. The summed E-state index contributed by atoms with van der Waals surface area (Å²) in [7, 11) is 0. The first-order chi connectivity index (χ1) is 11.0. The lowest BCUT2D eigenvalue weighted by Crippen LogP contribution is -2.38. The Labute approximate surface area is 134 Å². The Balaban J connectivity index is 1.66. The standard InChI is InChI=1S/C18H20N2O3/c1-11-7-12(2)20-18(22)15(11)9-19-17(21)14-8-13-5-3-4-6-16(13)23-10-14/h3-7,14H,8-10H2,1-2H3,(H,19,21)(H,20,22). The second-order valence-corrected chi connectivity index (χ2v) is 5.98. The molecule has 2 N–H and O–H groups in total. The van der Waals surface area contributed by atoms with Crippen LogP contribution in [0.4, 0.5) is 0 Å². The van der Waals surface area contributed by atoms with Crippen LogP contribution < -0.4 is 15.6 Å². The van der Waals surface area contributed by atoms with Gasteiger partial charge in [-0.2, -0.15) is 0 Å². The number of pyridine rings is 1. The molecule has 120 valence electrons. The molecule has 1 amide bonds. The number of carbonyl (C=O) groups excluding carboxylic acids is 1. The molecule has 0 radical (unpaired) electrons. The minimum atomic E-state index is -0.227. The number of para-hydroxylation sites is 1. The smallest absolute Gasteiger partial charge is 0.253 e. The zero-order chi connectivity index (χ0) is 16.4. The van der Waals surface area contributed by atoms with Gasteiger partial charge >= 0.3 is 0 Å². The van der Waals surface area contributed by atoms with Crippen LogP contribution in [-0.2, 0) is 17.8 Å². The molecule has 1 aliphatic heterocycles. The number of amides is 1. The van der Waals surface area contributed by atoms with Crippen molar-refractivity contribution in [3.8, 4) is 5.75 Å². The molecule has 0 spiro atoms. The molecule has 2 heterocycles. The molecule has 1 aromatic carbocycles. The number of hydrogen-bond acceptors (Lipinski definition) is 3. The third-order valence-electron chi connectivity index (χ3n) is 4.18. The normalized spacial score (nSPS) is 16.3. The number of aromatic amines is 1. The molecule has 5 nitrogen and oxygen atoms in total. The van der Waals surface area contributed by atoms with E-state index in [1.807, 2.05) is 44.2 Å². The van der Waals surface area contributed by atoms with E-state index in [1.54, 1.807) is 0 Å². The van der Waals surface area contributed by atoms with Crippen LogP contribution in [0.5, 0.6) is 5.75 Å². The molecule has 1 aliphatic rings. The molecule has 0 fully saturated rings. The molecule has 1 unspecified atom stereocenters. The van der Waals surface area contributed by atoms with Crippen LogP contribution in [0.3, 0.4) is 0 Å². The van der Waals surface area contributed by atoms with Crippen LogP contribution in [0.15, 0.2) is 35.1 Å². The van der Waals surface area contributed by atoms with Gasteiger partial charge in [0.1, 0.15) is 12.4 Å². The van der Waals surface area contributed by atoms with Gasteiger partial charge in [0.05, 0.1) is 5.92 Å². The number of hydrogen-bond donors (Lipinski definition) is 2. The van der Waals surface area contributed by atoms with E-state index in [4.69, 9.17) is 4.74 Å². The van der Waals surface area contributed by atoms with E-state index in [-0.39, 0.29) is 23.9 Å². The number of rotatable bonds is 3. The molecule has 0 saturated heterocycles. The van der Waals surface area contributed by atoms with Crippen molar-refractivity contribution in [1.82, 2.24) is 10.3 Å². The quantitative estimate of drug-likeness (QED) is 0.909. The second-order valence-electron chi connectivity index (χ2n) is 5.98. The Morgan fingerprint density at radius 1 is 1.35 bits per heavy atom. The number of carbonyl (C=O) groups is 1. The largest absolute Gasteiger partial charge is 0.492 e. The second kappa shape index (κ2) is 6.28. The Bertz CT molecular complexity index is 795. The summed E-state index contributed by atoms with van der Waals surface area (Å²) in [6.45, 7) is 4.32. The first kappa shape index (κ1) is 15.3. The zero-order valence-electron chi connectivity index (χ0n) is 13.3. The summed E-state index contributed by atoms with van der Waals surface area (Å²) in [4.78, 5) is 27.1. The van der Waals surface area contributed by atoms with Crippen molar-refractivity contribution in [1.29, 1.82) is 0 Å². The van der Waals surface area contributed by atoms with Gasteiger partial charge in [-0.3, -0.25) is 9.59 Å². The number of H-pyrrole nitrogens is 1. The average molecular weight is 312 g/mol. The fourth-order valence-electron chi connectivity index (χ4n) is 2.92. The summed E-state index contributed by atoms with van der Waals surface area (Å²) in [5.41, 5.74) is 3.20. The van der Waals surface area contributed by atoms with Gasteiger partial charge in [-0.1, -0.05) is 18.2 Å². The third kappa shape index (κ3) is 3.28. The first-order valence-electron chi connectivity index (χ1n) is 7.72. The SMILES string of the molecule is Cc1cc(C)c(CNC(=O)C2COc3ccccc3C2)c(=O)[nH]1. The maximum Gasteiger partial charge on any atom is 0.253 e. The van der Waals surface area contributed by atoms with Gasteiger partial charge in [-0.05, 0) is 43.5 Å². The van der Waals surface area contributed by atoms with Crippen LogP contribution in [-0.4, -0.2) is 17.5 Å². The van der Waals surface area contributed by atoms with Gasteiger partial charge in [0.15, 0.2) is 0 Å². The van der Waals surface area contributed by atoms with Crippen LogP contribution in [0, 0.1) is 19.8 Å². The van der Waals surface area contributed by atoms with Gasteiger partial charge in [0.2, 0.25) is 5.91 Å². The summed E-state index contributed by atoms with van der Waals surface area (Å²) in [5, 5.41) is 2.86. The van der Waals surface area contributed by atoms with Crippen LogP contribution >= 0.6 is 0 Å². The highest BCUT2D eigenvalue weighted by molar-refractivity contribution is 5.79. The average Bonchev–Trinajstić information content (AvgIpc) is 2.53. The van der Waals surface area contributed by atoms with E-state index in [0.29, 0.717) is 18.6 Å². The maximum atomic E-state index is 12.4. The monoisotopic (exact) mass is 312 g/mol. The van der Waals surface area contributed by atoms with Gasteiger partial charge in [-0.25, -0.2) is 0 Å². The Morgan fingerprint density at radius 3 is 2.91 bits per heavy atom. The van der Waals surface area contributed by atoms with Crippen molar-refractivity contribution in [2.24, 2.45) is 5.92 Å². The molecule has 3 rings (SSSR count). The minimum Gasteiger partial charge on any atom is -0.492 e. The number of nitrogens with one attached hydrogen (secondary N) is 2. The van der Waals surface area contributed by atoms with Gasteiger partial charge in [0, 0.05) is 17.8 Å². The zero-order valence-corrected chi connectivity index (χ0v) is 13.3. The topological polar surface area (TPSA) is 71.2 Å². The summed E-state index contributed by atoms with van der Waals surface area (Å²) < 4.78 is 5.64. The van der Waals surface area contributed by atoms with E-state index in [1.165, 1.54) is 0 Å². The van der Waals surface area contributed by atoms with E-state index in [2.05, 4.69) is 10.3 Å². The molecule has 5 heteroatoms. The number of aryl methyl sites for hydroxylation is 2. The van der Waals surface area contributed by atoms with Crippen molar-refractivity contribution < 1.29 is 9.53 Å². The Kier molecular flexibility index (Phi) is 4.19.